The summed E-state index contributed by atoms with van der Waals surface area (Å²) in [5.41, 5.74) is 1.06. The molecule has 0 aliphatic carbocycles. The van der Waals surface area contributed by atoms with Gasteiger partial charge in [0.25, 0.3) is 5.91 Å². The van der Waals surface area contributed by atoms with Crippen LogP contribution in [-0.2, 0) is 16.1 Å². The van der Waals surface area contributed by atoms with Crippen molar-refractivity contribution in [1.82, 2.24) is 10.3 Å². The van der Waals surface area contributed by atoms with Gasteiger partial charge < -0.3 is 19.5 Å². The molecule has 1 aromatic carbocycles. The summed E-state index contributed by atoms with van der Waals surface area (Å²) in [6.45, 7) is 2.01. The van der Waals surface area contributed by atoms with Crippen molar-refractivity contribution >= 4 is 34.6 Å². The Morgan fingerprint density at radius 3 is 2.93 bits per heavy atom. The van der Waals surface area contributed by atoms with Gasteiger partial charge in [0.15, 0.2) is 23.3 Å². The number of hydrogen-bond donors (Lipinski definition) is 1. The average molecular weight is 416 g/mol. The van der Waals surface area contributed by atoms with Crippen LogP contribution in [-0.4, -0.2) is 29.8 Å². The summed E-state index contributed by atoms with van der Waals surface area (Å²) in [5, 5.41) is 7.08. The van der Waals surface area contributed by atoms with Crippen LogP contribution >= 0.6 is 22.7 Å². The van der Waals surface area contributed by atoms with Gasteiger partial charge in [0.05, 0.1) is 4.88 Å². The predicted molar refractivity (Wildman–Crippen MR) is 105 cm³/mol. The van der Waals surface area contributed by atoms with Gasteiger partial charge in [0.1, 0.15) is 5.01 Å². The monoisotopic (exact) mass is 416 g/mol. The van der Waals surface area contributed by atoms with Crippen LogP contribution in [0.15, 0.2) is 41.1 Å². The van der Waals surface area contributed by atoms with E-state index in [0.29, 0.717) is 11.5 Å². The highest BCUT2D eigenvalue weighted by Gasteiger charge is 2.21. The molecule has 1 aliphatic rings. The molecule has 3 heterocycles. The number of hydrogen-bond acceptors (Lipinski definition) is 8. The quantitative estimate of drug-likeness (QED) is 0.620. The Bertz CT molecular complexity index is 1000. The first-order valence-electron chi connectivity index (χ1n) is 8.47. The van der Waals surface area contributed by atoms with E-state index in [-0.39, 0.29) is 24.9 Å². The second kappa shape index (κ2) is 7.99. The number of nitrogens with zero attached hydrogens (tertiary/aromatic N) is 1. The summed E-state index contributed by atoms with van der Waals surface area (Å²) in [6, 6.07) is 9.30. The van der Waals surface area contributed by atoms with E-state index in [1.165, 1.54) is 18.3 Å². The van der Waals surface area contributed by atoms with E-state index in [9.17, 15) is 9.59 Å². The second-order valence-corrected chi connectivity index (χ2v) is 7.77. The van der Waals surface area contributed by atoms with Crippen molar-refractivity contribution in [3.8, 4) is 21.4 Å². The molecule has 1 aliphatic heterocycles. The molecule has 0 saturated carbocycles. The summed E-state index contributed by atoms with van der Waals surface area (Å²) in [7, 11) is 0. The highest BCUT2D eigenvalue weighted by Crippen LogP contribution is 2.32. The van der Waals surface area contributed by atoms with Crippen LogP contribution in [0.2, 0.25) is 0 Å². The molecule has 0 fully saturated rings. The Kier molecular flexibility index (Phi) is 5.27. The zero-order valence-corrected chi connectivity index (χ0v) is 16.5. The lowest BCUT2D eigenvalue weighted by molar-refractivity contribution is -0.129. The highest BCUT2D eigenvalue weighted by molar-refractivity contribution is 7.20. The zero-order chi connectivity index (χ0) is 19.5. The van der Waals surface area contributed by atoms with Crippen LogP contribution in [0, 0.1) is 0 Å². The van der Waals surface area contributed by atoms with Gasteiger partial charge in [-0.1, -0.05) is 12.1 Å². The molecule has 2 aromatic heterocycles. The van der Waals surface area contributed by atoms with Crippen molar-refractivity contribution in [2.75, 3.05) is 6.79 Å². The number of rotatable bonds is 6. The molecule has 28 heavy (non-hydrogen) atoms. The molecule has 0 saturated heterocycles. The van der Waals surface area contributed by atoms with E-state index < -0.39 is 12.1 Å². The van der Waals surface area contributed by atoms with Crippen molar-refractivity contribution in [2.45, 2.75) is 19.6 Å². The van der Waals surface area contributed by atoms with E-state index in [4.69, 9.17) is 14.2 Å². The van der Waals surface area contributed by atoms with Gasteiger partial charge in [0, 0.05) is 11.9 Å². The summed E-state index contributed by atoms with van der Waals surface area (Å²) in [6.07, 6.45) is -0.937. The summed E-state index contributed by atoms with van der Waals surface area (Å²) in [4.78, 5) is 29.8. The number of nitrogens with one attached hydrogen (secondary N) is 1. The molecule has 1 unspecified atom stereocenters. The lowest BCUT2D eigenvalue weighted by Gasteiger charge is -2.13. The molecule has 1 N–H and O–H groups in total. The first kappa shape index (κ1) is 18.5. The van der Waals surface area contributed by atoms with Crippen LogP contribution in [0.4, 0.5) is 0 Å². The fraction of sp³-hybridized carbons (Fsp3) is 0.211. The number of benzene rings is 1. The van der Waals surface area contributed by atoms with Crippen molar-refractivity contribution in [2.24, 2.45) is 0 Å². The third kappa shape index (κ3) is 4.00. The van der Waals surface area contributed by atoms with Gasteiger partial charge in [-0.15, -0.1) is 22.7 Å². The Balaban J connectivity index is 1.31. The van der Waals surface area contributed by atoms with Gasteiger partial charge in [-0.2, -0.15) is 0 Å². The SMILES string of the molecule is CC(OC(=O)c1csc(-c2cccs2)n1)C(=O)NCc1ccc2c(c1)OCO2. The Hall–Kier alpha value is -2.91. The molecule has 0 radical (unpaired) electrons. The first-order valence-corrected chi connectivity index (χ1v) is 10.2. The molecular formula is C19H16N2O5S2. The summed E-state index contributed by atoms with van der Waals surface area (Å²) in [5.74, 6) is 0.323. The van der Waals surface area contributed by atoms with Crippen molar-refractivity contribution in [3.05, 3.63) is 52.3 Å². The van der Waals surface area contributed by atoms with Crippen LogP contribution in [0.5, 0.6) is 11.5 Å². The van der Waals surface area contributed by atoms with Gasteiger partial charge in [-0.05, 0) is 36.1 Å². The number of carbonyl (C=O) groups excluding carboxylic acids is 2. The maximum absolute atomic E-state index is 12.3. The minimum Gasteiger partial charge on any atom is -0.454 e. The number of carbonyl (C=O) groups is 2. The molecule has 3 aromatic rings. The molecule has 1 atom stereocenters. The van der Waals surface area contributed by atoms with Crippen molar-refractivity contribution < 1.29 is 23.8 Å². The first-order chi connectivity index (χ1) is 13.6. The predicted octanol–water partition coefficient (Wildman–Crippen LogP) is 3.46. The molecule has 7 nitrogen and oxygen atoms in total. The fourth-order valence-corrected chi connectivity index (χ4v) is 4.14. The fourth-order valence-electron chi connectivity index (χ4n) is 2.54. The Morgan fingerprint density at radius 2 is 2.11 bits per heavy atom. The third-order valence-corrected chi connectivity index (χ3v) is 5.88. The molecule has 4 rings (SSSR count). The number of thiazole rings is 1. The minimum atomic E-state index is -0.937. The topological polar surface area (TPSA) is 86.8 Å². The van der Waals surface area contributed by atoms with Crippen molar-refractivity contribution in [3.63, 3.8) is 0 Å². The van der Waals surface area contributed by atoms with Crippen LogP contribution in [0.25, 0.3) is 9.88 Å². The molecule has 0 bridgehead atoms. The molecule has 9 heteroatoms. The molecular weight excluding hydrogens is 400 g/mol. The molecule has 0 spiro atoms. The highest BCUT2D eigenvalue weighted by atomic mass is 32.1. The minimum absolute atomic E-state index is 0.197. The van der Waals surface area contributed by atoms with Crippen molar-refractivity contribution in [1.29, 1.82) is 0 Å². The summed E-state index contributed by atoms with van der Waals surface area (Å²) < 4.78 is 15.8. The Labute approximate surface area is 168 Å². The van der Waals surface area contributed by atoms with E-state index >= 15 is 0 Å². The van der Waals surface area contributed by atoms with E-state index in [2.05, 4.69) is 10.3 Å². The van der Waals surface area contributed by atoms with Gasteiger partial charge in [-0.3, -0.25) is 4.79 Å². The van der Waals surface area contributed by atoms with E-state index in [1.54, 1.807) is 28.8 Å². The number of amides is 1. The average Bonchev–Trinajstić information content (AvgIpc) is 3.46. The Morgan fingerprint density at radius 1 is 1.25 bits per heavy atom. The third-order valence-electron chi connectivity index (χ3n) is 4.00. The molecule has 144 valence electrons. The maximum atomic E-state index is 12.3. The lowest BCUT2D eigenvalue weighted by atomic mass is 10.2. The summed E-state index contributed by atoms with van der Waals surface area (Å²) >= 11 is 2.91. The zero-order valence-electron chi connectivity index (χ0n) is 14.8. The maximum Gasteiger partial charge on any atom is 0.358 e. The number of fused-ring (bicyclic) bond motifs is 1. The largest absolute Gasteiger partial charge is 0.454 e. The van der Waals surface area contributed by atoms with Crippen LogP contribution < -0.4 is 14.8 Å². The van der Waals surface area contributed by atoms with E-state index in [1.807, 2.05) is 23.6 Å². The normalized spacial score (nSPS) is 13.2. The number of ether oxygens (including phenoxy) is 3. The molecule has 1 amide bonds. The van der Waals surface area contributed by atoms with Gasteiger partial charge >= 0.3 is 5.97 Å². The second-order valence-electron chi connectivity index (χ2n) is 5.97. The lowest BCUT2D eigenvalue weighted by Crippen LogP contribution is -2.35. The van der Waals surface area contributed by atoms with Crippen LogP contribution in [0.1, 0.15) is 23.0 Å². The van der Waals surface area contributed by atoms with Gasteiger partial charge in [0.2, 0.25) is 6.79 Å². The smallest absolute Gasteiger partial charge is 0.358 e. The van der Waals surface area contributed by atoms with E-state index in [0.717, 1.165) is 15.4 Å². The standard InChI is InChI=1S/C19H16N2O5S2/c1-11(17(22)20-8-12-4-5-14-15(7-12)25-10-24-14)26-19(23)13-9-28-18(21-13)16-3-2-6-27-16/h2-7,9,11H,8,10H2,1H3,(H,20,22). The number of thiophene rings is 1. The number of esters is 1. The number of aromatic nitrogens is 1. The van der Waals surface area contributed by atoms with Crippen LogP contribution in [0.3, 0.4) is 0 Å². The van der Waals surface area contributed by atoms with Gasteiger partial charge in [-0.25, -0.2) is 9.78 Å².